The van der Waals surface area contributed by atoms with Gasteiger partial charge in [0.2, 0.25) is 10.0 Å². The van der Waals surface area contributed by atoms with Crippen molar-refractivity contribution in [3.05, 3.63) is 75.0 Å². The molecule has 0 N–H and O–H groups in total. The summed E-state index contributed by atoms with van der Waals surface area (Å²) in [5.41, 5.74) is 0.832. The van der Waals surface area contributed by atoms with Gasteiger partial charge in [0.05, 0.1) is 9.82 Å². The smallest absolute Gasteiger partial charge is 0.294 e. The van der Waals surface area contributed by atoms with Gasteiger partial charge in [-0.05, 0) is 36.4 Å². The van der Waals surface area contributed by atoms with E-state index in [0.29, 0.717) is 0 Å². The summed E-state index contributed by atoms with van der Waals surface area (Å²) in [5.74, 6) is -0.712. The van der Waals surface area contributed by atoms with Gasteiger partial charge in [0.1, 0.15) is 13.3 Å². The maximum Gasteiger partial charge on any atom is 0.294 e. The van der Waals surface area contributed by atoms with Crippen LogP contribution in [0.2, 0.25) is 0 Å². The molecule has 0 aromatic heterocycles. The largest absolute Gasteiger partial charge is 0.597 e. The molecule has 0 aliphatic carbocycles. The van der Waals surface area contributed by atoms with Crippen molar-refractivity contribution in [2.45, 2.75) is 31.0 Å². The first-order chi connectivity index (χ1) is 15.6. The number of hydrogen-bond acceptors (Lipinski definition) is 8. The van der Waals surface area contributed by atoms with E-state index in [4.69, 9.17) is 0 Å². The van der Waals surface area contributed by atoms with Gasteiger partial charge in [0.15, 0.2) is 5.28 Å². The Morgan fingerprint density at radius 3 is 2.48 bits per heavy atom. The number of amides is 1. The van der Waals surface area contributed by atoms with E-state index in [0.717, 1.165) is 17.0 Å². The molecule has 2 aromatic carbocycles. The van der Waals surface area contributed by atoms with Crippen LogP contribution < -0.4 is 0 Å². The molecular weight excluding hydrogens is 454 g/mol. The number of nitrogens with zero attached hydrogens (tertiary/aromatic N) is 5. The van der Waals surface area contributed by atoms with Gasteiger partial charge in [-0.25, -0.2) is 8.42 Å². The van der Waals surface area contributed by atoms with Gasteiger partial charge in [-0.3, -0.25) is 14.9 Å². The van der Waals surface area contributed by atoms with Crippen LogP contribution in [-0.2, 0) is 19.7 Å². The van der Waals surface area contributed by atoms with E-state index in [1.165, 1.54) is 41.3 Å². The zero-order chi connectivity index (χ0) is 24.3. The Morgan fingerprint density at radius 1 is 1.21 bits per heavy atom. The Morgan fingerprint density at radius 2 is 1.88 bits per heavy atom. The molecule has 0 saturated carbocycles. The van der Waals surface area contributed by atoms with Gasteiger partial charge in [-0.2, -0.15) is 4.31 Å². The van der Waals surface area contributed by atoms with Crippen LogP contribution in [0.3, 0.4) is 0 Å². The molecule has 1 fully saturated rings. The van der Waals surface area contributed by atoms with Crippen molar-refractivity contribution in [1.82, 2.24) is 9.21 Å². The van der Waals surface area contributed by atoms with E-state index in [1.807, 2.05) is 6.92 Å². The highest BCUT2D eigenvalue weighted by atomic mass is 32.2. The summed E-state index contributed by atoms with van der Waals surface area (Å²) in [7, 11) is -2.95. The minimum absolute atomic E-state index is 0.0184. The lowest BCUT2D eigenvalue weighted by atomic mass is 10.1. The number of benzene rings is 2. The molecule has 2 unspecified atom stereocenters. The van der Waals surface area contributed by atoms with Crippen molar-refractivity contribution in [3.8, 4) is 0 Å². The van der Waals surface area contributed by atoms with Crippen molar-refractivity contribution in [1.29, 1.82) is 0 Å². The molecule has 33 heavy (non-hydrogen) atoms. The molecule has 0 bridgehead atoms. The highest BCUT2D eigenvalue weighted by Gasteiger charge is 2.48. The average Bonchev–Trinajstić information content (AvgIpc) is 3.12. The number of sulfonamides is 1. The minimum Gasteiger partial charge on any atom is -0.597 e. The van der Waals surface area contributed by atoms with Crippen molar-refractivity contribution in [2.24, 2.45) is 5.28 Å². The lowest BCUT2D eigenvalue weighted by Crippen LogP contribution is -2.42. The highest BCUT2D eigenvalue weighted by Crippen LogP contribution is 2.39. The quantitative estimate of drug-likeness (QED) is 0.257. The number of hydrogen-bond donors (Lipinski definition) is 0. The fraction of sp³-hybridized carbons (Fsp3) is 0.350. The van der Waals surface area contributed by atoms with Gasteiger partial charge in [0, 0.05) is 24.7 Å². The molecule has 13 heteroatoms. The monoisotopic (exact) mass is 477 g/mol. The summed E-state index contributed by atoms with van der Waals surface area (Å²) < 4.78 is 28.2. The number of carbonyl (C=O) groups is 1. The van der Waals surface area contributed by atoms with Crippen molar-refractivity contribution in [2.75, 3.05) is 20.2 Å². The van der Waals surface area contributed by atoms with E-state index in [-0.39, 0.29) is 27.6 Å². The van der Waals surface area contributed by atoms with Crippen LogP contribution in [0.25, 0.3) is 0 Å². The van der Waals surface area contributed by atoms with Gasteiger partial charge < -0.3 is 14.9 Å². The van der Waals surface area contributed by atoms with Crippen LogP contribution in [0.15, 0.2) is 58.7 Å². The lowest BCUT2D eigenvalue weighted by molar-refractivity contribution is -0.547. The first kappa shape index (κ1) is 24.1. The molecule has 2 aromatic rings. The zero-order valence-corrected chi connectivity index (χ0v) is 19.0. The molecule has 1 heterocycles. The van der Waals surface area contributed by atoms with E-state index < -0.39 is 39.6 Å². The Balaban J connectivity index is 2.11. The molecule has 12 nitrogen and oxygen atoms in total. The maximum absolute atomic E-state index is 13.5. The van der Waals surface area contributed by atoms with Crippen LogP contribution >= 0.6 is 0 Å². The molecule has 0 spiro atoms. The van der Waals surface area contributed by atoms with Crippen LogP contribution in [0.4, 0.5) is 5.69 Å². The molecule has 1 saturated heterocycles. The minimum atomic E-state index is -4.09. The van der Waals surface area contributed by atoms with Gasteiger partial charge in [0.25, 0.3) is 18.1 Å². The van der Waals surface area contributed by atoms with Crippen LogP contribution in [-0.4, -0.2) is 59.6 Å². The molecule has 1 aliphatic rings. The number of non-ortho nitro benzene ring substituents is 1. The Kier molecular flexibility index (Phi) is 6.93. The number of hydroxylamine groups is 1. The van der Waals surface area contributed by atoms with E-state index in [1.54, 1.807) is 19.1 Å². The number of rotatable bonds is 7. The van der Waals surface area contributed by atoms with E-state index in [2.05, 4.69) is 10.1 Å². The predicted molar refractivity (Wildman–Crippen MR) is 115 cm³/mol. The topological polar surface area (TPSA) is 148 Å². The second-order valence-corrected chi connectivity index (χ2v) is 9.43. The summed E-state index contributed by atoms with van der Waals surface area (Å²) in [6.45, 7) is 2.66. The zero-order valence-electron chi connectivity index (χ0n) is 18.2. The van der Waals surface area contributed by atoms with Gasteiger partial charge >= 0.3 is 0 Å². The molecule has 2 atom stereocenters. The van der Waals surface area contributed by atoms with Crippen molar-refractivity contribution >= 4 is 21.6 Å². The molecule has 0 radical (unpaired) electrons. The first-order valence-electron chi connectivity index (χ1n) is 9.89. The molecule has 176 valence electrons. The third kappa shape index (κ3) is 4.93. The SMILES string of the molecule is CO/N=[N+](\[O-])CC(=O)N1C(C)CN(S(=O)(=O)c2ccc(C)cc2)C1c1cccc([N+](=O)[O-])c1. The second-order valence-electron chi connectivity index (χ2n) is 7.54. The summed E-state index contributed by atoms with van der Waals surface area (Å²) in [5, 5.41) is 26.2. The van der Waals surface area contributed by atoms with E-state index >= 15 is 0 Å². The summed E-state index contributed by atoms with van der Waals surface area (Å²) in [4.78, 5) is 29.4. The van der Waals surface area contributed by atoms with Gasteiger partial charge in [-0.15, -0.1) is 0 Å². The maximum atomic E-state index is 13.5. The van der Waals surface area contributed by atoms with Crippen molar-refractivity contribution in [3.63, 3.8) is 0 Å². The van der Waals surface area contributed by atoms with Crippen molar-refractivity contribution < 1.29 is 27.8 Å². The third-order valence-electron chi connectivity index (χ3n) is 5.19. The van der Waals surface area contributed by atoms with Crippen LogP contribution in [0, 0.1) is 22.2 Å². The molecule has 1 amide bonds. The number of nitro benzene ring substituents is 1. The fourth-order valence-electron chi connectivity index (χ4n) is 3.73. The predicted octanol–water partition coefficient (Wildman–Crippen LogP) is 2.35. The summed E-state index contributed by atoms with van der Waals surface area (Å²) >= 11 is 0. The third-order valence-corrected chi connectivity index (χ3v) is 7.03. The Labute approximate surface area is 190 Å². The number of carbonyl (C=O) groups excluding carboxylic acids is 1. The average molecular weight is 477 g/mol. The fourth-order valence-corrected chi connectivity index (χ4v) is 5.38. The summed E-state index contributed by atoms with van der Waals surface area (Å²) in [6.07, 6.45) is -1.20. The Bertz CT molecular complexity index is 1180. The molecule has 3 rings (SSSR count). The Hall–Kier alpha value is -3.58. The highest BCUT2D eigenvalue weighted by molar-refractivity contribution is 7.89. The van der Waals surface area contributed by atoms with Gasteiger partial charge in [-0.1, -0.05) is 29.8 Å². The molecule has 1 aliphatic heterocycles. The number of nitro groups is 1. The van der Waals surface area contributed by atoms with E-state index in [9.17, 15) is 28.5 Å². The van der Waals surface area contributed by atoms with Crippen LogP contribution in [0.5, 0.6) is 0 Å². The number of aryl methyl sites for hydroxylation is 1. The second kappa shape index (κ2) is 9.50. The first-order valence-corrected chi connectivity index (χ1v) is 11.3. The molecular formula is C20H23N5O7S. The van der Waals surface area contributed by atoms with Crippen LogP contribution in [0.1, 0.15) is 24.2 Å². The lowest BCUT2D eigenvalue weighted by Gasteiger charge is -2.30. The summed E-state index contributed by atoms with van der Waals surface area (Å²) in [6, 6.07) is 11.0. The standard InChI is InChI=1S/C20H23N5O7S/c1-14-7-9-18(10-8-14)33(30,31)22-12-15(2)24(19(26)13-23(27)21-32-3)20(22)16-5-4-6-17(11-16)25(28)29/h4-11,15,20H,12-13H2,1-3H3/b23-21-. The normalized spacial score (nSPS) is 19.5.